The van der Waals surface area contributed by atoms with Crippen LogP contribution in [0.1, 0.15) is 35.8 Å². The van der Waals surface area contributed by atoms with Crippen molar-refractivity contribution in [1.29, 1.82) is 5.41 Å². The van der Waals surface area contributed by atoms with Gasteiger partial charge in [-0.1, -0.05) is 0 Å². The van der Waals surface area contributed by atoms with Crippen molar-refractivity contribution in [2.75, 3.05) is 31.8 Å². The fraction of sp³-hybridized carbons (Fsp3) is 0.364. The summed E-state index contributed by atoms with van der Waals surface area (Å²) in [7, 11) is 3.06. The van der Waals surface area contributed by atoms with Crippen LogP contribution in [0.5, 0.6) is 5.75 Å². The van der Waals surface area contributed by atoms with Crippen LogP contribution in [-0.2, 0) is 22.5 Å². The van der Waals surface area contributed by atoms with E-state index < -0.39 is 0 Å². The van der Waals surface area contributed by atoms with Gasteiger partial charge in [0.1, 0.15) is 22.7 Å². The van der Waals surface area contributed by atoms with E-state index >= 15 is 0 Å². The Hall–Kier alpha value is -3.24. The molecular formula is C22H28N6O3S. The lowest BCUT2D eigenvalue weighted by Gasteiger charge is -2.15. The van der Waals surface area contributed by atoms with Crippen molar-refractivity contribution in [3.8, 4) is 5.75 Å². The number of ether oxygens (including phenoxy) is 1. The summed E-state index contributed by atoms with van der Waals surface area (Å²) in [5, 5.41) is 13.2. The van der Waals surface area contributed by atoms with Crippen LogP contribution in [0.2, 0.25) is 0 Å². The number of thiophene rings is 1. The van der Waals surface area contributed by atoms with E-state index in [0.717, 1.165) is 34.6 Å². The van der Waals surface area contributed by atoms with Crippen molar-refractivity contribution in [3.63, 3.8) is 0 Å². The number of aryl methyl sites for hydroxylation is 2. The van der Waals surface area contributed by atoms with Gasteiger partial charge in [-0.05, 0) is 44.2 Å². The quantitative estimate of drug-likeness (QED) is 0.213. The van der Waals surface area contributed by atoms with Crippen LogP contribution < -0.4 is 15.8 Å². The zero-order valence-corrected chi connectivity index (χ0v) is 19.3. The first-order chi connectivity index (χ1) is 15.6. The minimum absolute atomic E-state index is 0.512. The Labute approximate surface area is 191 Å². The number of hydrogen-bond donors (Lipinski definition) is 3. The number of nitrogen functional groups attached to an aromatic ring is 1. The number of nitrogens with zero attached hydrogens (tertiary/aromatic N) is 3. The van der Waals surface area contributed by atoms with Gasteiger partial charge in [-0.15, -0.1) is 11.3 Å². The first-order valence-electron chi connectivity index (χ1n) is 10.3. The zero-order chi connectivity index (χ0) is 23.1. The van der Waals surface area contributed by atoms with Gasteiger partial charge in [0.05, 0.1) is 25.3 Å². The largest absolute Gasteiger partial charge is 0.494 e. The van der Waals surface area contributed by atoms with Crippen LogP contribution in [0.4, 0.5) is 17.2 Å². The molecule has 0 bridgehead atoms. The summed E-state index contributed by atoms with van der Waals surface area (Å²) in [6.07, 6.45) is 8.11. The number of nitrogens with one attached hydrogen (secondary N) is 2. The highest BCUT2D eigenvalue weighted by atomic mass is 32.1. The lowest BCUT2D eigenvalue weighted by molar-refractivity contribution is -0.159. The summed E-state index contributed by atoms with van der Waals surface area (Å²) in [6, 6.07) is 3.54. The molecule has 2 heterocycles. The average molecular weight is 457 g/mol. The summed E-state index contributed by atoms with van der Waals surface area (Å²) < 4.78 is 5.45. The van der Waals surface area contributed by atoms with Crippen molar-refractivity contribution in [2.24, 2.45) is 0 Å². The molecule has 0 atom stereocenters. The Morgan fingerprint density at radius 2 is 2.06 bits per heavy atom. The molecule has 4 rings (SSSR count). The number of hydrogen-bond acceptors (Lipinski definition) is 9. The van der Waals surface area contributed by atoms with Gasteiger partial charge in [0, 0.05) is 35.0 Å². The summed E-state index contributed by atoms with van der Waals surface area (Å²) in [6.45, 7) is 2.43. The van der Waals surface area contributed by atoms with Crippen molar-refractivity contribution in [3.05, 3.63) is 34.5 Å². The van der Waals surface area contributed by atoms with E-state index in [1.165, 1.54) is 41.7 Å². The van der Waals surface area contributed by atoms with Crippen molar-refractivity contribution in [1.82, 2.24) is 15.0 Å². The first kappa shape index (κ1) is 23.4. The number of methoxy groups -OCH3 is 1. The fourth-order valence-electron chi connectivity index (χ4n) is 3.56. The Morgan fingerprint density at radius 3 is 2.69 bits per heavy atom. The number of rotatable bonds is 7. The first-order valence-corrected chi connectivity index (χ1v) is 11.1. The highest BCUT2D eigenvalue weighted by Crippen LogP contribution is 2.40. The Balaban J connectivity index is 0.000000360. The molecule has 4 N–H and O–H groups in total. The molecule has 1 aliphatic carbocycles. The molecule has 0 aliphatic heterocycles. The molecule has 0 unspecified atom stereocenters. The second-order valence-corrected chi connectivity index (χ2v) is 8.17. The molecule has 10 heteroatoms. The molecule has 1 aliphatic rings. The van der Waals surface area contributed by atoms with Crippen molar-refractivity contribution >= 4 is 51.4 Å². The molecule has 0 saturated heterocycles. The number of benzene rings is 1. The Bertz CT molecular complexity index is 1100. The molecule has 9 nitrogen and oxygen atoms in total. The van der Waals surface area contributed by atoms with Gasteiger partial charge >= 0.3 is 0 Å². The number of carbonyl (C=O) groups is 1. The van der Waals surface area contributed by atoms with E-state index in [9.17, 15) is 4.79 Å². The summed E-state index contributed by atoms with van der Waals surface area (Å²) in [4.78, 5) is 25.7. The van der Waals surface area contributed by atoms with Crippen molar-refractivity contribution < 1.29 is 14.4 Å². The number of aromatic nitrogens is 2. The maximum Gasteiger partial charge on any atom is 0.233 e. The molecule has 0 spiro atoms. The van der Waals surface area contributed by atoms with Crippen LogP contribution >= 0.6 is 11.3 Å². The number of nitrogens with two attached hydrogens (primary N) is 1. The normalized spacial score (nSPS) is 12.3. The van der Waals surface area contributed by atoms with Gasteiger partial charge in [0.15, 0.2) is 0 Å². The minimum atomic E-state index is 0.512. The second kappa shape index (κ2) is 10.9. The zero-order valence-electron chi connectivity index (χ0n) is 18.5. The number of amides is 1. The topological polar surface area (TPSA) is 126 Å². The maximum absolute atomic E-state index is 9.77. The van der Waals surface area contributed by atoms with Crippen LogP contribution in [-0.4, -0.2) is 48.4 Å². The third kappa shape index (κ3) is 4.97. The molecule has 1 amide bonds. The van der Waals surface area contributed by atoms with E-state index in [4.69, 9.17) is 15.9 Å². The van der Waals surface area contributed by atoms with Gasteiger partial charge in [0.2, 0.25) is 6.41 Å². The van der Waals surface area contributed by atoms with Gasteiger partial charge in [-0.3, -0.25) is 9.63 Å². The second-order valence-electron chi connectivity index (χ2n) is 7.09. The minimum Gasteiger partial charge on any atom is -0.494 e. The van der Waals surface area contributed by atoms with Gasteiger partial charge in [-0.2, -0.15) is 0 Å². The number of carbonyl (C=O) groups excluding carboxylic acids is 1. The highest BCUT2D eigenvalue weighted by Gasteiger charge is 2.20. The number of hydroxylamine groups is 2. The standard InChI is InChI=1S/C18H19N5OS.C4H9NO2/c1-24-14-7-12(20)10(8-19)6-13(14)23-17-16-11-4-2-3-5-15(11)25-18(16)22-9-21-17;1-3-5(4-6)7-2/h6-9,19H,2-5,20H2,1H3,(H,21,22,23);4H,3H2,1-2H3. The monoisotopic (exact) mass is 456 g/mol. The number of fused-ring (bicyclic) bond motifs is 3. The Morgan fingerprint density at radius 1 is 1.28 bits per heavy atom. The predicted octanol–water partition coefficient (Wildman–Crippen LogP) is 3.93. The van der Waals surface area contributed by atoms with Gasteiger partial charge in [0.25, 0.3) is 0 Å². The van der Waals surface area contributed by atoms with Crippen molar-refractivity contribution in [2.45, 2.75) is 32.6 Å². The highest BCUT2D eigenvalue weighted by molar-refractivity contribution is 7.19. The number of anilines is 3. The van der Waals surface area contributed by atoms with E-state index in [2.05, 4.69) is 20.1 Å². The Kier molecular flexibility index (Phi) is 7.96. The van der Waals surface area contributed by atoms with E-state index in [-0.39, 0.29) is 0 Å². The molecule has 0 radical (unpaired) electrons. The third-order valence-electron chi connectivity index (χ3n) is 5.23. The lowest BCUT2D eigenvalue weighted by Crippen LogP contribution is -2.18. The van der Waals surface area contributed by atoms with Crippen LogP contribution in [0.25, 0.3) is 10.2 Å². The lowest BCUT2D eigenvalue weighted by atomic mass is 9.97. The maximum atomic E-state index is 9.77. The van der Waals surface area contributed by atoms with Crippen LogP contribution in [0.3, 0.4) is 0 Å². The smallest absolute Gasteiger partial charge is 0.233 e. The van der Waals surface area contributed by atoms with Crippen LogP contribution in [0.15, 0.2) is 18.5 Å². The van der Waals surface area contributed by atoms with E-state index in [1.54, 1.807) is 30.8 Å². The molecule has 0 saturated carbocycles. The average Bonchev–Trinajstić information content (AvgIpc) is 3.21. The molecular weight excluding hydrogens is 428 g/mol. The third-order valence-corrected chi connectivity index (χ3v) is 6.43. The molecule has 2 aromatic heterocycles. The van der Waals surface area contributed by atoms with E-state index in [0.29, 0.717) is 30.0 Å². The summed E-state index contributed by atoms with van der Waals surface area (Å²) in [5.41, 5.74) is 9.22. The predicted molar refractivity (Wildman–Crippen MR) is 128 cm³/mol. The van der Waals surface area contributed by atoms with Crippen LogP contribution in [0, 0.1) is 5.41 Å². The van der Waals surface area contributed by atoms with Gasteiger partial charge in [-0.25, -0.2) is 15.0 Å². The molecule has 32 heavy (non-hydrogen) atoms. The molecule has 1 aromatic carbocycles. The fourth-order valence-corrected chi connectivity index (χ4v) is 4.79. The molecule has 170 valence electrons. The SMILES string of the molecule is CCN(C=O)OC.COc1cc(N)c(C=N)cc1Nc1ncnc2sc3c(c12)CCCC3. The molecule has 3 aromatic rings. The van der Waals surface area contributed by atoms with E-state index in [1.807, 2.05) is 13.0 Å². The molecule has 0 fully saturated rings. The summed E-state index contributed by atoms with van der Waals surface area (Å²) >= 11 is 1.77. The summed E-state index contributed by atoms with van der Waals surface area (Å²) in [5.74, 6) is 1.40. The van der Waals surface area contributed by atoms with Gasteiger partial charge < -0.3 is 21.2 Å².